The molecule has 0 fully saturated rings. The number of amides is 2. The topological polar surface area (TPSA) is 100 Å². The van der Waals surface area contributed by atoms with Gasteiger partial charge in [-0.3, -0.25) is 14.6 Å². The molecule has 3 aromatic rings. The number of carbonyl (C=O) groups is 2. The van der Waals surface area contributed by atoms with Crippen molar-refractivity contribution in [3.05, 3.63) is 78.1 Å². The molecule has 4 N–H and O–H groups in total. The van der Waals surface area contributed by atoms with Crippen LogP contribution in [-0.4, -0.2) is 22.5 Å². The van der Waals surface area contributed by atoms with E-state index in [9.17, 15) is 9.59 Å². The molecule has 1 aromatic heterocycles. The van der Waals surface area contributed by atoms with Crippen molar-refractivity contribution >= 4 is 34.1 Å². The maximum absolute atomic E-state index is 12.4. The number of carbonyl (C=O) groups excluding carboxylic acids is 2. The van der Waals surface area contributed by atoms with Crippen LogP contribution in [0, 0.1) is 6.92 Å². The van der Waals surface area contributed by atoms with Crippen LogP contribution in [0.2, 0.25) is 0 Å². The van der Waals surface area contributed by atoms with E-state index in [0.29, 0.717) is 16.8 Å². The van der Waals surface area contributed by atoms with Gasteiger partial charge in [-0.15, -0.1) is 0 Å². The molecule has 6 heteroatoms. The maximum atomic E-state index is 12.4. The first-order valence-corrected chi connectivity index (χ1v) is 9.57. The zero-order valence-electron chi connectivity index (χ0n) is 17.2. The number of nitrogens with one attached hydrogen (secondary N) is 2. The van der Waals surface area contributed by atoms with Crippen LogP contribution in [0.1, 0.15) is 29.8 Å². The van der Waals surface area contributed by atoms with E-state index in [4.69, 9.17) is 5.73 Å². The largest absolute Gasteiger partial charge is 0.366 e. The van der Waals surface area contributed by atoms with Crippen molar-refractivity contribution in [1.82, 2.24) is 4.98 Å². The van der Waals surface area contributed by atoms with Crippen molar-refractivity contribution in [3.63, 3.8) is 0 Å². The van der Waals surface area contributed by atoms with Gasteiger partial charge in [-0.2, -0.15) is 0 Å². The molecule has 0 aliphatic heterocycles. The van der Waals surface area contributed by atoms with Crippen molar-refractivity contribution in [3.8, 4) is 11.1 Å². The number of nitrogens with two attached hydrogens (primary N) is 1. The van der Waals surface area contributed by atoms with Gasteiger partial charge in [0.1, 0.15) is 0 Å². The number of H-pyrrole nitrogens is 1. The number of primary amides is 1. The minimum absolute atomic E-state index is 0.235. The predicted octanol–water partition coefficient (Wildman–Crippen LogP) is 4.73. The van der Waals surface area contributed by atoms with Gasteiger partial charge in [0.05, 0.1) is 11.1 Å². The Hall–Kier alpha value is -3.93. The highest BCUT2D eigenvalue weighted by Crippen LogP contribution is 2.34. The van der Waals surface area contributed by atoms with Crippen LogP contribution >= 0.6 is 0 Å². The third kappa shape index (κ3) is 4.38. The quantitative estimate of drug-likeness (QED) is 0.411. The van der Waals surface area contributed by atoms with Gasteiger partial charge in [0.2, 0.25) is 5.91 Å². The van der Waals surface area contributed by atoms with Gasteiger partial charge in [-0.05, 0) is 61.7 Å². The summed E-state index contributed by atoms with van der Waals surface area (Å²) in [7, 11) is 0. The highest BCUT2D eigenvalue weighted by molar-refractivity contribution is 6.10. The molecule has 0 atom stereocenters. The molecule has 0 aliphatic carbocycles. The van der Waals surface area contributed by atoms with Crippen LogP contribution in [-0.2, 0) is 4.79 Å². The van der Waals surface area contributed by atoms with E-state index in [1.165, 1.54) is 6.08 Å². The van der Waals surface area contributed by atoms with Crippen LogP contribution in [0.5, 0.6) is 0 Å². The molecule has 0 unspecified atom stereocenters. The van der Waals surface area contributed by atoms with E-state index in [0.717, 1.165) is 27.8 Å². The van der Waals surface area contributed by atoms with Crippen LogP contribution < -0.4 is 11.1 Å². The number of nitrogens with zero attached hydrogens (tertiary/aromatic N) is 1. The number of benzene rings is 2. The summed E-state index contributed by atoms with van der Waals surface area (Å²) in [6.07, 6.45) is 8.41. The highest BCUT2D eigenvalue weighted by atomic mass is 16.1. The average molecular weight is 400 g/mol. The molecule has 6 nitrogen and oxygen atoms in total. The predicted molar refractivity (Wildman–Crippen MR) is 123 cm³/mol. The van der Waals surface area contributed by atoms with Gasteiger partial charge < -0.3 is 16.0 Å². The Kier molecular flexibility index (Phi) is 6.27. The van der Waals surface area contributed by atoms with Crippen molar-refractivity contribution in [1.29, 1.82) is 0 Å². The molecule has 3 rings (SSSR count). The van der Waals surface area contributed by atoms with Gasteiger partial charge >= 0.3 is 0 Å². The first-order valence-electron chi connectivity index (χ1n) is 9.57. The molecule has 0 aliphatic rings. The van der Waals surface area contributed by atoms with E-state index in [1.54, 1.807) is 24.5 Å². The number of fused-ring (bicyclic) bond motifs is 1. The molecule has 152 valence electrons. The number of aliphatic imine (C=N–C) groups is 1. The summed E-state index contributed by atoms with van der Waals surface area (Å²) in [4.78, 5) is 31.3. The number of hydrogen-bond acceptors (Lipinski definition) is 3. The third-order valence-electron chi connectivity index (χ3n) is 4.77. The van der Waals surface area contributed by atoms with Crippen molar-refractivity contribution in [2.24, 2.45) is 10.7 Å². The summed E-state index contributed by atoms with van der Waals surface area (Å²) in [6.45, 7) is 5.66. The molecule has 0 radical (unpaired) electrons. The lowest BCUT2D eigenvalue weighted by molar-refractivity contribution is -0.111. The van der Waals surface area contributed by atoms with E-state index in [2.05, 4.69) is 15.3 Å². The number of anilines is 1. The second kappa shape index (κ2) is 9.05. The van der Waals surface area contributed by atoms with Gasteiger partial charge in [0, 0.05) is 35.3 Å². The SMILES string of the molecule is C\C=C/N=C(C)\C=C\C(=O)Nc1cccc(-c2ccc(C(N)=O)c3[nH]ccc23)c1C. The molecule has 2 amide bonds. The third-order valence-corrected chi connectivity index (χ3v) is 4.77. The Morgan fingerprint density at radius 2 is 1.90 bits per heavy atom. The van der Waals surface area contributed by atoms with Gasteiger partial charge in [0.15, 0.2) is 0 Å². The average Bonchev–Trinajstić information content (AvgIpc) is 3.21. The normalized spacial score (nSPS) is 12.2. The number of aromatic amines is 1. The Labute approximate surface area is 175 Å². The van der Waals surface area contributed by atoms with Crippen LogP contribution in [0.4, 0.5) is 5.69 Å². The Morgan fingerprint density at radius 3 is 2.63 bits per heavy atom. The highest BCUT2D eigenvalue weighted by Gasteiger charge is 2.15. The number of rotatable bonds is 6. The van der Waals surface area contributed by atoms with Crippen LogP contribution in [0.15, 0.2) is 72.0 Å². The number of hydrogen-bond donors (Lipinski definition) is 3. The van der Waals surface area contributed by atoms with Crippen molar-refractivity contribution in [2.75, 3.05) is 5.32 Å². The summed E-state index contributed by atoms with van der Waals surface area (Å²) in [5, 5.41) is 3.82. The van der Waals surface area contributed by atoms with Gasteiger partial charge in [0.25, 0.3) is 5.91 Å². The van der Waals surface area contributed by atoms with E-state index in [-0.39, 0.29) is 5.91 Å². The minimum atomic E-state index is -0.480. The van der Waals surface area contributed by atoms with E-state index < -0.39 is 5.91 Å². The summed E-state index contributed by atoms with van der Waals surface area (Å²) >= 11 is 0. The second-order valence-corrected chi connectivity index (χ2v) is 6.84. The van der Waals surface area contributed by atoms with Crippen LogP contribution in [0.25, 0.3) is 22.0 Å². The van der Waals surface area contributed by atoms with Crippen molar-refractivity contribution in [2.45, 2.75) is 20.8 Å². The lowest BCUT2D eigenvalue weighted by Gasteiger charge is -2.13. The molecule has 0 bridgehead atoms. The standard InChI is InChI=1S/C24H24N4O2/c1-4-13-26-15(2)8-11-22(29)28-21-7-5-6-17(16(21)3)18-9-10-20(24(25)30)23-19(18)12-14-27-23/h4-14,27H,1-3H3,(H2,25,30)(H,28,29)/b11-8+,13-4-,26-15-. The Morgan fingerprint density at radius 1 is 1.10 bits per heavy atom. The fourth-order valence-corrected chi connectivity index (χ4v) is 3.27. The first kappa shape index (κ1) is 20.8. The Bertz CT molecular complexity index is 1200. The summed E-state index contributed by atoms with van der Waals surface area (Å²) in [5.41, 5.74) is 10.9. The second-order valence-electron chi connectivity index (χ2n) is 6.84. The lowest BCUT2D eigenvalue weighted by Crippen LogP contribution is -2.11. The van der Waals surface area contributed by atoms with E-state index >= 15 is 0 Å². The fourth-order valence-electron chi connectivity index (χ4n) is 3.27. The maximum Gasteiger partial charge on any atom is 0.250 e. The summed E-state index contributed by atoms with van der Waals surface area (Å²) in [6, 6.07) is 11.2. The number of allylic oxidation sites excluding steroid dienone is 2. The minimum Gasteiger partial charge on any atom is -0.366 e. The molecular formula is C24H24N4O2. The fraction of sp³-hybridized carbons (Fsp3) is 0.125. The molecule has 2 aromatic carbocycles. The summed E-state index contributed by atoms with van der Waals surface area (Å²) < 4.78 is 0. The first-order chi connectivity index (χ1) is 14.4. The zero-order valence-corrected chi connectivity index (χ0v) is 17.2. The van der Waals surface area contributed by atoms with Gasteiger partial charge in [-0.25, -0.2) is 0 Å². The molecule has 0 saturated heterocycles. The molecular weight excluding hydrogens is 376 g/mol. The number of aromatic nitrogens is 1. The summed E-state index contributed by atoms with van der Waals surface area (Å²) in [5.74, 6) is -0.715. The molecule has 30 heavy (non-hydrogen) atoms. The van der Waals surface area contributed by atoms with Crippen LogP contribution in [0.3, 0.4) is 0 Å². The molecule has 1 heterocycles. The molecule has 0 spiro atoms. The Balaban J connectivity index is 1.93. The smallest absolute Gasteiger partial charge is 0.250 e. The molecule has 0 saturated carbocycles. The van der Waals surface area contributed by atoms with Gasteiger partial charge in [-0.1, -0.05) is 24.3 Å². The van der Waals surface area contributed by atoms with Crippen molar-refractivity contribution < 1.29 is 9.59 Å². The van der Waals surface area contributed by atoms with E-state index in [1.807, 2.05) is 57.2 Å². The lowest BCUT2D eigenvalue weighted by atomic mass is 9.94. The monoisotopic (exact) mass is 400 g/mol. The zero-order chi connectivity index (χ0) is 21.7.